The SMILES string of the molecule is CCN(CCCC(CCN)C(C)C)CC1CCC1. The highest BCUT2D eigenvalue weighted by Gasteiger charge is 2.20. The van der Waals surface area contributed by atoms with E-state index in [9.17, 15) is 0 Å². The molecule has 1 atom stereocenters. The van der Waals surface area contributed by atoms with Gasteiger partial charge in [0.15, 0.2) is 0 Å². The van der Waals surface area contributed by atoms with Crippen molar-refractivity contribution in [2.75, 3.05) is 26.2 Å². The molecule has 1 unspecified atom stereocenters. The van der Waals surface area contributed by atoms with Crippen molar-refractivity contribution in [3.63, 3.8) is 0 Å². The van der Waals surface area contributed by atoms with Crippen LogP contribution in [0.5, 0.6) is 0 Å². The van der Waals surface area contributed by atoms with Gasteiger partial charge in [0.1, 0.15) is 0 Å². The third-order valence-electron chi connectivity index (χ3n) is 4.72. The zero-order valence-electron chi connectivity index (χ0n) is 12.8. The van der Waals surface area contributed by atoms with Crippen molar-refractivity contribution in [2.24, 2.45) is 23.5 Å². The van der Waals surface area contributed by atoms with Crippen LogP contribution in [0, 0.1) is 17.8 Å². The van der Waals surface area contributed by atoms with E-state index in [1.807, 2.05) is 0 Å². The standard InChI is InChI=1S/C16H34N2/c1-4-18(13-15-7-5-8-15)12-6-9-16(10-11-17)14(2)3/h14-16H,4-13,17H2,1-3H3. The van der Waals surface area contributed by atoms with Crippen molar-refractivity contribution in [2.45, 2.75) is 59.3 Å². The quantitative estimate of drug-likeness (QED) is 0.646. The van der Waals surface area contributed by atoms with Crippen LogP contribution in [-0.4, -0.2) is 31.1 Å². The molecule has 0 spiro atoms. The third kappa shape index (κ3) is 5.71. The highest BCUT2D eigenvalue weighted by atomic mass is 15.1. The minimum Gasteiger partial charge on any atom is -0.330 e. The van der Waals surface area contributed by atoms with Crippen molar-refractivity contribution in [1.29, 1.82) is 0 Å². The fourth-order valence-corrected chi connectivity index (χ4v) is 3.02. The van der Waals surface area contributed by atoms with Gasteiger partial charge in [-0.25, -0.2) is 0 Å². The van der Waals surface area contributed by atoms with E-state index in [-0.39, 0.29) is 0 Å². The molecule has 1 fully saturated rings. The summed E-state index contributed by atoms with van der Waals surface area (Å²) in [7, 11) is 0. The molecule has 0 bridgehead atoms. The first-order valence-corrected chi connectivity index (χ1v) is 8.09. The first-order chi connectivity index (χ1) is 8.67. The van der Waals surface area contributed by atoms with Crippen LogP contribution < -0.4 is 5.73 Å². The van der Waals surface area contributed by atoms with E-state index < -0.39 is 0 Å². The van der Waals surface area contributed by atoms with Gasteiger partial charge in [0.05, 0.1) is 0 Å². The summed E-state index contributed by atoms with van der Waals surface area (Å²) in [6, 6.07) is 0. The second-order valence-electron chi connectivity index (χ2n) is 6.41. The zero-order valence-corrected chi connectivity index (χ0v) is 12.8. The molecule has 0 aromatic heterocycles. The fourth-order valence-electron chi connectivity index (χ4n) is 3.02. The lowest BCUT2D eigenvalue weighted by molar-refractivity contribution is 0.176. The highest BCUT2D eigenvalue weighted by molar-refractivity contribution is 4.74. The van der Waals surface area contributed by atoms with Gasteiger partial charge in [0.25, 0.3) is 0 Å². The summed E-state index contributed by atoms with van der Waals surface area (Å²) in [5.41, 5.74) is 5.71. The maximum atomic E-state index is 5.71. The molecule has 1 rings (SSSR count). The molecular formula is C16H34N2. The van der Waals surface area contributed by atoms with E-state index in [0.717, 1.165) is 24.3 Å². The monoisotopic (exact) mass is 254 g/mol. The Morgan fingerprint density at radius 1 is 1.22 bits per heavy atom. The van der Waals surface area contributed by atoms with Crippen molar-refractivity contribution < 1.29 is 0 Å². The second kappa shape index (κ2) is 8.92. The van der Waals surface area contributed by atoms with Crippen LogP contribution in [0.1, 0.15) is 59.3 Å². The molecule has 0 saturated heterocycles. The first kappa shape index (κ1) is 16.0. The van der Waals surface area contributed by atoms with E-state index in [0.29, 0.717) is 0 Å². The third-order valence-corrected chi connectivity index (χ3v) is 4.72. The number of nitrogens with two attached hydrogens (primary N) is 1. The largest absolute Gasteiger partial charge is 0.330 e. The molecule has 1 saturated carbocycles. The van der Waals surface area contributed by atoms with Gasteiger partial charge < -0.3 is 10.6 Å². The second-order valence-corrected chi connectivity index (χ2v) is 6.41. The molecule has 0 aromatic rings. The zero-order chi connectivity index (χ0) is 13.4. The smallest absolute Gasteiger partial charge is 0.000954 e. The van der Waals surface area contributed by atoms with E-state index >= 15 is 0 Å². The highest BCUT2D eigenvalue weighted by Crippen LogP contribution is 2.27. The topological polar surface area (TPSA) is 29.3 Å². The van der Waals surface area contributed by atoms with Crippen molar-refractivity contribution in [3.05, 3.63) is 0 Å². The summed E-state index contributed by atoms with van der Waals surface area (Å²) in [5.74, 6) is 2.63. The summed E-state index contributed by atoms with van der Waals surface area (Å²) in [5, 5.41) is 0. The molecule has 108 valence electrons. The minimum absolute atomic E-state index is 0.787. The average molecular weight is 254 g/mol. The number of rotatable bonds is 10. The summed E-state index contributed by atoms with van der Waals surface area (Å²) in [6.45, 7) is 11.7. The van der Waals surface area contributed by atoms with Gasteiger partial charge in [-0.15, -0.1) is 0 Å². The van der Waals surface area contributed by atoms with Gasteiger partial charge in [-0.3, -0.25) is 0 Å². The average Bonchev–Trinajstić information content (AvgIpc) is 2.29. The molecule has 1 aliphatic rings. The number of nitrogens with zero attached hydrogens (tertiary/aromatic N) is 1. The molecule has 2 heteroatoms. The Balaban J connectivity index is 2.15. The van der Waals surface area contributed by atoms with Crippen LogP contribution in [0.15, 0.2) is 0 Å². The Bertz CT molecular complexity index is 199. The van der Waals surface area contributed by atoms with E-state index in [1.165, 1.54) is 58.2 Å². The molecule has 0 aromatic carbocycles. The van der Waals surface area contributed by atoms with Crippen LogP contribution in [0.25, 0.3) is 0 Å². The summed E-state index contributed by atoms with van der Waals surface area (Å²) in [4.78, 5) is 2.66. The van der Waals surface area contributed by atoms with Crippen LogP contribution in [-0.2, 0) is 0 Å². The van der Waals surface area contributed by atoms with Crippen molar-refractivity contribution in [1.82, 2.24) is 4.90 Å². The predicted molar refractivity (Wildman–Crippen MR) is 80.7 cm³/mol. The molecule has 18 heavy (non-hydrogen) atoms. The predicted octanol–water partition coefficient (Wildman–Crippen LogP) is 3.51. The van der Waals surface area contributed by atoms with E-state index in [4.69, 9.17) is 5.73 Å². The molecule has 2 N–H and O–H groups in total. The summed E-state index contributed by atoms with van der Waals surface area (Å²) in [6.07, 6.45) is 8.32. The molecule has 2 nitrogen and oxygen atoms in total. The van der Waals surface area contributed by atoms with Crippen LogP contribution in [0.3, 0.4) is 0 Å². The Labute approximate surface area is 114 Å². The number of hydrogen-bond acceptors (Lipinski definition) is 2. The molecule has 0 aliphatic heterocycles. The lowest BCUT2D eigenvalue weighted by Gasteiger charge is -2.32. The Kier molecular flexibility index (Phi) is 7.92. The Morgan fingerprint density at radius 2 is 1.94 bits per heavy atom. The first-order valence-electron chi connectivity index (χ1n) is 8.09. The lowest BCUT2D eigenvalue weighted by atomic mass is 9.85. The van der Waals surface area contributed by atoms with Crippen molar-refractivity contribution >= 4 is 0 Å². The van der Waals surface area contributed by atoms with Crippen LogP contribution in [0.2, 0.25) is 0 Å². The van der Waals surface area contributed by atoms with Gasteiger partial charge in [0, 0.05) is 6.54 Å². The molecule has 1 aliphatic carbocycles. The lowest BCUT2D eigenvalue weighted by Crippen LogP contribution is -2.33. The van der Waals surface area contributed by atoms with Gasteiger partial charge in [0.2, 0.25) is 0 Å². The van der Waals surface area contributed by atoms with Crippen molar-refractivity contribution in [3.8, 4) is 0 Å². The molecule has 0 radical (unpaired) electrons. The van der Waals surface area contributed by atoms with Crippen LogP contribution in [0.4, 0.5) is 0 Å². The molecular weight excluding hydrogens is 220 g/mol. The molecule has 0 heterocycles. The van der Waals surface area contributed by atoms with E-state index in [2.05, 4.69) is 25.7 Å². The maximum Gasteiger partial charge on any atom is 0.000954 e. The number of hydrogen-bond donors (Lipinski definition) is 1. The molecule has 0 amide bonds. The van der Waals surface area contributed by atoms with Gasteiger partial charge in [-0.2, -0.15) is 0 Å². The van der Waals surface area contributed by atoms with Gasteiger partial charge >= 0.3 is 0 Å². The fraction of sp³-hybridized carbons (Fsp3) is 1.00. The van der Waals surface area contributed by atoms with Gasteiger partial charge in [-0.1, -0.05) is 27.2 Å². The summed E-state index contributed by atoms with van der Waals surface area (Å²) >= 11 is 0. The normalized spacial score (nSPS) is 18.3. The summed E-state index contributed by atoms with van der Waals surface area (Å²) < 4.78 is 0. The van der Waals surface area contributed by atoms with Crippen LogP contribution >= 0.6 is 0 Å². The Hall–Kier alpha value is -0.0800. The minimum atomic E-state index is 0.787. The maximum absolute atomic E-state index is 5.71. The van der Waals surface area contributed by atoms with Gasteiger partial charge in [-0.05, 0) is 69.5 Å². The van der Waals surface area contributed by atoms with E-state index in [1.54, 1.807) is 0 Å². The Morgan fingerprint density at radius 3 is 2.39 bits per heavy atom.